The molecular formula is C23H25Cl2N3O2. The first-order chi connectivity index (χ1) is 14.5. The number of carbonyl (C=O) groups excluding carboxylic acids is 1. The SMILES string of the molecule is CCOc1c(C)cc(C(CN)c2ccccc2)nc1-c1cccc(Cl)c1Cl.NC=O. The minimum atomic E-state index is -0.0164. The van der Waals surface area contributed by atoms with Crippen LogP contribution >= 0.6 is 23.2 Å². The van der Waals surface area contributed by atoms with Gasteiger partial charge in [0, 0.05) is 18.0 Å². The van der Waals surface area contributed by atoms with Crippen LogP contribution in [0.25, 0.3) is 11.3 Å². The molecule has 1 heterocycles. The van der Waals surface area contributed by atoms with Crippen molar-refractivity contribution in [2.45, 2.75) is 19.8 Å². The lowest BCUT2D eigenvalue weighted by Crippen LogP contribution is -2.16. The third-order valence-corrected chi connectivity index (χ3v) is 5.29. The number of aromatic nitrogens is 1. The second-order valence-electron chi connectivity index (χ2n) is 6.41. The second kappa shape index (κ2) is 11.6. The molecule has 3 aromatic rings. The lowest BCUT2D eigenvalue weighted by molar-refractivity contribution is -0.106. The highest BCUT2D eigenvalue weighted by Gasteiger charge is 2.21. The third kappa shape index (κ3) is 5.51. The lowest BCUT2D eigenvalue weighted by atomic mass is 9.93. The van der Waals surface area contributed by atoms with Crippen LogP contribution in [-0.4, -0.2) is 24.5 Å². The number of nitrogens with two attached hydrogens (primary N) is 2. The molecule has 30 heavy (non-hydrogen) atoms. The molecule has 0 aliphatic carbocycles. The number of benzene rings is 2. The molecule has 1 aromatic heterocycles. The maximum Gasteiger partial charge on any atom is 0.204 e. The Bertz CT molecular complexity index is 982. The number of amides is 1. The number of ether oxygens (including phenoxy) is 1. The van der Waals surface area contributed by atoms with Crippen LogP contribution in [0.1, 0.15) is 29.7 Å². The summed E-state index contributed by atoms with van der Waals surface area (Å²) in [5, 5.41) is 0.952. The zero-order valence-electron chi connectivity index (χ0n) is 16.9. The number of hydrogen-bond donors (Lipinski definition) is 2. The van der Waals surface area contributed by atoms with Crippen molar-refractivity contribution in [1.82, 2.24) is 4.98 Å². The number of hydrogen-bond acceptors (Lipinski definition) is 4. The first-order valence-electron chi connectivity index (χ1n) is 9.47. The van der Waals surface area contributed by atoms with E-state index in [4.69, 9.17) is 43.5 Å². The van der Waals surface area contributed by atoms with Crippen molar-refractivity contribution in [1.29, 1.82) is 0 Å². The fourth-order valence-electron chi connectivity index (χ4n) is 3.17. The van der Waals surface area contributed by atoms with Crippen LogP contribution in [-0.2, 0) is 4.79 Å². The van der Waals surface area contributed by atoms with E-state index >= 15 is 0 Å². The molecule has 1 amide bonds. The molecule has 158 valence electrons. The van der Waals surface area contributed by atoms with Gasteiger partial charge in [-0.25, -0.2) is 4.98 Å². The predicted molar refractivity (Wildman–Crippen MR) is 123 cm³/mol. The van der Waals surface area contributed by atoms with Crippen LogP contribution in [0, 0.1) is 6.92 Å². The summed E-state index contributed by atoms with van der Waals surface area (Å²) in [5.74, 6) is 0.700. The van der Waals surface area contributed by atoms with Crippen molar-refractivity contribution in [3.05, 3.63) is 81.5 Å². The van der Waals surface area contributed by atoms with Crippen molar-refractivity contribution in [3.63, 3.8) is 0 Å². The Morgan fingerprint density at radius 2 is 1.80 bits per heavy atom. The van der Waals surface area contributed by atoms with Gasteiger partial charge in [-0.2, -0.15) is 0 Å². The summed E-state index contributed by atoms with van der Waals surface area (Å²) in [4.78, 5) is 13.5. The Morgan fingerprint density at radius 3 is 2.40 bits per heavy atom. The van der Waals surface area contributed by atoms with E-state index in [0.717, 1.165) is 22.4 Å². The van der Waals surface area contributed by atoms with Gasteiger partial charge in [-0.1, -0.05) is 65.7 Å². The molecule has 0 saturated heterocycles. The van der Waals surface area contributed by atoms with Gasteiger partial charge in [0.25, 0.3) is 0 Å². The molecule has 1 unspecified atom stereocenters. The van der Waals surface area contributed by atoms with Gasteiger partial charge in [0.2, 0.25) is 6.41 Å². The summed E-state index contributed by atoms with van der Waals surface area (Å²) in [6.45, 7) is 4.94. The maximum atomic E-state index is 8.58. The number of primary amides is 1. The highest BCUT2D eigenvalue weighted by atomic mass is 35.5. The van der Waals surface area contributed by atoms with E-state index < -0.39 is 0 Å². The summed E-state index contributed by atoms with van der Waals surface area (Å²) in [6, 6.07) is 17.7. The Balaban J connectivity index is 0.00000101. The monoisotopic (exact) mass is 445 g/mol. The van der Waals surface area contributed by atoms with E-state index in [1.807, 2.05) is 50.2 Å². The van der Waals surface area contributed by atoms with E-state index in [1.54, 1.807) is 6.07 Å². The molecule has 3 rings (SSSR count). The van der Waals surface area contributed by atoms with E-state index in [2.05, 4.69) is 17.9 Å². The molecule has 0 spiro atoms. The second-order valence-corrected chi connectivity index (χ2v) is 7.20. The molecule has 5 nitrogen and oxygen atoms in total. The van der Waals surface area contributed by atoms with Crippen molar-refractivity contribution >= 4 is 29.6 Å². The van der Waals surface area contributed by atoms with Gasteiger partial charge >= 0.3 is 0 Å². The number of pyridine rings is 1. The largest absolute Gasteiger partial charge is 0.491 e. The van der Waals surface area contributed by atoms with E-state index in [9.17, 15) is 0 Å². The molecule has 0 saturated carbocycles. The lowest BCUT2D eigenvalue weighted by Gasteiger charge is -2.20. The number of carbonyl (C=O) groups is 1. The fourth-order valence-corrected chi connectivity index (χ4v) is 3.56. The summed E-state index contributed by atoms with van der Waals surface area (Å²) < 4.78 is 5.90. The van der Waals surface area contributed by atoms with E-state index in [1.165, 1.54) is 0 Å². The molecule has 1 atom stereocenters. The number of aryl methyl sites for hydroxylation is 1. The summed E-state index contributed by atoms with van der Waals surface area (Å²) in [6.07, 6.45) is 0.250. The van der Waals surface area contributed by atoms with Gasteiger partial charge in [0.1, 0.15) is 11.4 Å². The van der Waals surface area contributed by atoms with Gasteiger partial charge in [-0.3, -0.25) is 4.79 Å². The quantitative estimate of drug-likeness (QED) is 0.524. The van der Waals surface area contributed by atoms with Crippen LogP contribution in [0.2, 0.25) is 10.0 Å². The molecule has 0 radical (unpaired) electrons. The Labute approximate surface area is 187 Å². The average molecular weight is 446 g/mol. The summed E-state index contributed by atoms with van der Waals surface area (Å²) >= 11 is 12.7. The maximum absolute atomic E-state index is 8.58. The Kier molecular flexibility index (Phi) is 9.12. The predicted octanol–water partition coefficient (Wildman–Crippen LogP) is 4.95. The van der Waals surface area contributed by atoms with E-state index in [0.29, 0.717) is 34.6 Å². The Morgan fingerprint density at radius 1 is 1.13 bits per heavy atom. The van der Waals surface area contributed by atoms with Gasteiger partial charge in [0.15, 0.2) is 0 Å². The van der Waals surface area contributed by atoms with Crippen molar-refractivity contribution in [2.75, 3.05) is 13.2 Å². The normalized spacial score (nSPS) is 11.2. The number of halogens is 2. The fraction of sp³-hybridized carbons (Fsp3) is 0.217. The zero-order valence-corrected chi connectivity index (χ0v) is 18.5. The highest BCUT2D eigenvalue weighted by Crippen LogP contribution is 2.40. The topological polar surface area (TPSA) is 91.2 Å². The van der Waals surface area contributed by atoms with Crippen LogP contribution in [0.5, 0.6) is 5.75 Å². The molecule has 7 heteroatoms. The van der Waals surface area contributed by atoms with Crippen molar-refractivity contribution in [2.24, 2.45) is 11.5 Å². The van der Waals surface area contributed by atoms with Crippen LogP contribution in [0.4, 0.5) is 0 Å². The minimum absolute atomic E-state index is 0.0164. The first-order valence-corrected chi connectivity index (χ1v) is 10.2. The first kappa shape index (κ1) is 23.7. The molecule has 0 aliphatic heterocycles. The molecule has 0 bridgehead atoms. The smallest absolute Gasteiger partial charge is 0.204 e. The zero-order chi connectivity index (χ0) is 22.1. The van der Waals surface area contributed by atoms with E-state index in [-0.39, 0.29) is 12.3 Å². The van der Waals surface area contributed by atoms with Crippen LogP contribution < -0.4 is 16.2 Å². The van der Waals surface area contributed by atoms with Crippen molar-refractivity contribution in [3.8, 4) is 17.0 Å². The van der Waals surface area contributed by atoms with Crippen LogP contribution in [0.3, 0.4) is 0 Å². The van der Waals surface area contributed by atoms with Crippen LogP contribution in [0.15, 0.2) is 54.6 Å². The standard InChI is InChI=1S/C22H22Cl2N2O.CH3NO/c1-3-27-22-14(2)12-19(17(13-25)15-8-5-4-6-9-15)26-21(22)16-10-7-11-18(23)20(16)24;2-1-3/h4-12,17H,3,13,25H2,1-2H3;1H,(H2,2,3). The minimum Gasteiger partial charge on any atom is -0.491 e. The summed E-state index contributed by atoms with van der Waals surface area (Å²) in [5.41, 5.74) is 14.7. The van der Waals surface area contributed by atoms with Gasteiger partial charge in [-0.05, 0) is 37.1 Å². The van der Waals surface area contributed by atoms with Gasteiger partial charge < -0.3 is 16.2 Å². The van der Waals surface area contributed by atoms with Gasteiger partial charge in [0.05, 0.1) is 22.3 Å². The number of rotatable bonds is 6. The average Bonchev–Trinajstić information content (AvgIpc) is 2.74. The summed E-state index contributed by atoms with van der Waals surface area (Å²) in [7, 11) is 0. The molecule has 2 aromatic carbocycles. The molecule has 0 aliphatic rings. The third-order valence-electron chi connectivity index (χ3n) is 4.47. The highest BCUT2D eigenvalue weighted by molar-refractivity contribution is 6.43. The molecule has 4 N–H and O–H groups in total. The molecular weight excluding hydrogens is 421 g/mol. The number of nitrogens with zero attached hydrogens (tertiary/aromatic N) is 1. The van der Waals surface area contributed by atoms with Crippen molar-refractivity contribution < 1.29 is 9.53 Å². The Hall–Kier alpha value is -2.60. The van der Waals surface area contributed by atoms with Gasteiger partial charge in [-0.15, -0.1) is 0 Å². The molecule has 0 fully saturated rings.